The third-order valence-corrected chi connectivity index (χ3v) is 4.57. The number of amides is 2. The second kappa shape index (κ2) is 6.66. The van der Waals surface area contributed by atoms with E-state index in [2.05, 4.69) is 25.9 Å². The van der Waals surface area contributed by atoms with Crippen molar-refractivity contribution in [1.82, 2.24) is 24.7 Å². The fourth-order valence-corrected chi connectivity index (χ4v) is 3.17. The van der Waals surface area contributed by atoms with E-state index in [1.165, 1.54) is 0 Å². The fraction of sp³-hybridized carbons (Fsp3) is 0.412. The first kappa shape index (κ1) is 16.4. The van der Waals surface area contributed by atoms with Crippen LogP contribution in [0, 0.1) is 6.92 Å². The van der Waals surface area contributed by atoms with E-state index in [0.29, 0.717) is 36.7 Å². The zero-order chi connectivity index (χ0) is 18.1. The molecule has 1 atom stereocenters. The summed E-state index contributed by atoms with van der Waals surface area (Å²) in [4.78, 5) is 18.5. The van der Waals surface area contributed by atoms with Crippen molar-refractivity contribution in [3.8, 4) is 0 Å². The monoisotopic (exact) mass is 355 g/mol. The molecule has 4 rings (SSSR count). The highest BCUT2D eigenvalue weighted by Gasteiger charge is 2.27. The van der Waals surface area contributed by atoms with Crippen LogP contribution >= 0.6 is 0 Å². The number of carbonyl (C=O) groups is 1. The minimum atomic E-state index is -0.131. The Bertz CT molecular complexity index is 932. The van der Waals surface area contributed by atoms with Gasteiger partial charge in [-0.3, -0.25) is 0 Å². The highest BCUT2D eigenvalue weighted by molar-refractivity contribution is 5.90. The van der Waals surface area contributed by atoms with E-state index < -0.39 is 0 Å². The third-order valence-electron chi connectivity index (χ3n) is 4.57. The Hall–Kier alpha value is -3.10. The molecule has 3 aromatic heterocycles. The maximum Gasteiger partial charge on any atom is 0.322 e. The van der Waals surface area contributed by atoms with Crippen molar-refractivity contribution in [3.05, 3.63) is 36.0 Å². The zero-order valence-corrected chi connectivity index (χ0v) is 14.8. The summed E-state index contributed by atoms with van der Waals surface area (Å²) in [6.45, 7) is 5.09. The molecule has 26 heavy (non-hydrogen) atoms. The molecule has 2 amide bonds. The molecule has 9 heteroatoms. The number of nitrogens with one attached hydrogen (secondary N) is 2. The number of nitrogens with zero attached hydrogens (tertiary/aromatic N) is 5. The van der Waals surface area contributed by atoms with E-state index in [9.17, 15) is 4.79 Å². The Morgan fingerprint density at radius 3 is 3.15 bits per heavy atom. The first-order valence-corrected chi connectivity index (χ1v) is 8.72. The highest BCUT2D eigenvalue weighted by atomic mass is 16.5. The van der Waals surface area contributed by atoms with Gasteiger partial charge in [-0.15, -0.1) is 5.10 Å². The van der Waals surface area contributed by atoms with E-state index in [1.54, 1.807) is 15.6 Å². The predicted octanol–water partition coefficient (Wildman–Crippen LogP) is 2.31. The average molecular weight is 355 g/mol. The number of urea groups is 1. The molecule has 0 saturated carbocycles. The summed E-state index contributed by atoms with van der Waals surface area (Å²) >= 11 is 0. The lowest BCUT2D eigenvalue weighted by molar-refractivity contribution is 0.222. The van der Waals surface area contributed by atoms with Crippen LogP contribution in [0.1, 0.15) is 24.8 Å². The topological polar surface area (TPSA) is 101 Å². The van der Waals surface area contributed by atoms with Crippen molar-refractivity contribution in [1.29, 1.82) is 0 Å². The first-order valence-electron chi connectivity index (χ1n) is 8.72. The van der Waals surface area contributed by atoms with Gasteiger partial charge >= 0.3 is 6.03 Å². The number of likely N-dealkylation sites (tertiary alicyclic amines) is 1. The van der Waals surface area contributed by atoms with Gasteiger partial charge in [0.2, 0.25) is 0 Å². The van der Waals surface area contributed by atoms with Gasteiger partial charge in [0.1, 0.15) is 17.2 Å². The number of hydrogen-bond donors (Lipinski definition) is 2. The van der Waals surface area contributed by atoms with Crippen LogP contribution in [0.4, 0.5) is 16.3 Å². The summed E-state index contributed by atoms with van der Waals surface area (Å²) in [6.07, 6.45) is 5.07. The molecule has 4 heterocycles. The van der Waals surface area contributed by atoms with Gasteiger partial charge in [-0.2, -0.15) is 0 Å². The summed E-state index contributed by atoms with van der Waals surface area (Å²) in [5, 5.41) is 14.7. The largest absolute Gasteiger partial charge is 0.364 e. The van der Waals surface area contributed by atoms with Gasteiger partial charge in [-0.1, -0.05) is 12.1 Å². The first-order chi connectivity index (χ1) is 12.6. The molecular weight excluding hydrogens is 334 g/mol. The molecular formula is C17H21N7O2. The molecule has 0 bridgehead atoms. The van der Waals surface area contributed by atoms with Gasteiger partial charge in [0.25, 0.3) is 0 Å². The normalized spacial score (nSPS) is 17.0. The molecule has 0 aliphatic carbocycles. The van der Waals surface area contributed by atoms with Crippen molar-refractivity contribution in [3.63, 3.8) is 0 Å². The maximum atomic E-state index is 12.6. The number of hydrogen-bond acceptors (Lipinski definition) is 6. The number of imidazole rings is 1. The molecule has 9 nitrogen and oxygen atoms in total. The summed E-state index contributed by atoms with van der Waals surface area (Å²) in [6, 6.07) is 3.84. The molecule has 1 aliphatic heterocycles. The molecule has 1 aliphatic rings. The van der Waals surface area contributed by atoms with Crippen LogP contribution in [0.3, 0.4) is 0 Å². The van der Waals surface area contributed by atoms with Gasteiger partial charge in [0.15, 0.2) is 11.4 Å². The number of aryl methyl sites for hydroxylation is 2. The van der Waals surface area contributed by atoms with Gasteiger partial charge in [0.05, 0.1) is 0 Å². The van der Waals surface area contributed by atoms with E-state index >= 15 is 0 Å². The fourth-order valence-electron chi connectivity index (χ4n) is 3.17. The van der Waals surface area contributed by atoms with Crippen molar-refractivity contribution in [2.24, 2.45) is 0 Å². The van der Waals surface area contributed by atoms with Crippen molar-refractivity contribution >= 4 is 23.2 Å². The van der Waals surface area contributed by atoms with Gasteiger partial charge in [-0.25, -0.2) is 14.3 Å². The maximum absolute atomic E-state index is 12.6. The Balaban J connectivity index is 1.38. The molecule has 2 N–H and O–H groups in total. The smallest absolute Gasteiger partial charge is 0.322 e. The van der Waals surface area contributed by atoms with Crippen LogP contribution in [-0.2, 0) is 6.42 Å². The van der Waals surface area contributed by atoms with Crippen LogP contribution in [0.2, 0.25) is 0 Å². The molecule has 0 radical (unpaired) electrons. The van der Waals surface area contributed by atoms with Crippen LogP contribution in [0.5, 0.6) is 0 Å². The minimum Gasteiger partial charge on any atom is -0.364 e. The average Bonchev–Trinajstić information content (AvgIpc) is 3.36. The Morgan fingerprint density at radius 2 is 2.31 bits per heavy atom. The summed E-state index contributed by atoms with van der Waals surface area (Å²) in [5.41, 5.74) is 2.18. The molecule has 0 spiro atoms. The summed E-state index contributed by atoms with van der Waals surface area (Å²) in [7, 11) is 0. The van der Waals surface area contributed by atoms with Crippen LogP contribution < -0.4 is 10.6 Å². The number of fused-ring (bicyclic) bond motifs is 1. The van der Waals surface area contributed by atoms with Crippen LogP contribution in [0.15, 0.2) is 29.0 Å². The van der Waals surface area contributed by atoms with Gasteiger partial charge in [-0.05, 0) is 25.5 Å². The second-order valence-electron chi connectivity index (χ2n) is 6.37. The molecule has 3 aromatic rings. The lowest BCUT2D eigenvalue weighted by Gasteiger charge is -2.18. The Labute approximate surface area is 150 Å². The number of aromatic nitrogens is 4. The van der Waals surface area contributed by atoms with Gasteiger partial charge < -0.3 is 20.1 Å². The van der Waals surface area contributed by atoms with E-state index in [0.717, 1.165) is 17.9 Å². The third kappa shape index (κ3) is 3.07. The Kier molecular flexibility index (Phi) is 4.19. The zero-order valence-electron chi connectivity index (χ0n) is 14.8. The quantitative estimate of drug-likeness (QED) is 0.745. The Morgan fingerprint density at radius 1 is 1.42 bits per heavy atom. The second-order valence-corrected chi connectivity index (χ2v) is 6.37. The van der Waals surface area contributed by atoms with E-state index in [4.69, 9.17) is 4.52 Å². The van der Waals surface area contributed by atoms with Crippen LogP contribution in [0.25, 0.3) is 5.65 Å². The molecule has 1 fully saturated rings. The lowest BCUT2D eigenvalue weighted by Crippen LogP contribution is -2.35. The summed E-state index contributed by atoms with van der Waals surface area (Å²) in [5.74, 6) is 1.47. The minimum absolute atomic E-state index is 0.131. The van der Waals surface area contributed by atoms with Crippen LogP contribution in [-0.4, -0.2) is 49.8 Å². The standard InChI is InChI=1S/C17H21N7O2/c1-3-13-16(11(2)22-26-13)20-17(25)23-8-6-12(10-23)19-14-4-5-15-18-7-9-24(15)21-14/h4-5,7,9,12H,3,6,8,10H2,1-2H3,(H,19,21)(H,20,25)/t12-/m0/s1. The summed E-state index contributed by atoms with van der Waals surface area (Å²) < 4.78 is 6.95. The van der Waals surface area contributed by atoms with Crippen molar-refractivity contribution < 1.29 is 9.32 Å². The number of anilines is 2. The van der Waals surface area contributed by atoms with Crippen molar-refractivity contribution in [2.75, 3.05) is 23.7 Å². The number of carbonyl (C=O) groups excluding carboxylic acids is 1. The van der Waals surface area contributed by atoms with E-state index in [-0.39, 0.29) is 12.1 Å². The molecule has 1 saturated heterocycles. The predicted molar refractivity (Wildman–Crippen MR) is 96.2 cm³/mol. The molecule has 0 unspecified atom stereocenters. The molecule has 0 aromatic carbocycles. The lowest BCUT2D eigenvalue weighted by atomic mass is 10.2. The SMILES string of the molecule is CCc1onc(C)c1NC(=O)N1CC[C@H](Nc2ccc3nccn3n2)C1. The highest BCUT2D eigenvalue weighted by Crippen LogP contribution is 2.22. The number of rotatable bonds is 4. The van der Waals surface area contributed by atoms with Crippen molar-refractivity contribution in [2.45, 2.75) is 32.7 Å². The van der Waals surface area contributed by atoms with Gasteiger partial charge in [0, 0.05) is 37.9 Å². The van der Waals surface area contributed by atoms with E-state index in [1.807, 2.05) is 32.2 Å². The molecule has 136 valence electrons.